The molecule has 0 spiro atoms. The van der Waals surface area contributed by atoms with E-state index in [-0.39, 0.29) is 11.7 Å². The fourth-order valence-electron chi connectivity index (χ4n) is 2.73. The molecule has 1 fully saturated rings. The van der Waals surface area contributed by atoms with Gasteiger partial charge in [0.05, 0.1) is 5.92 Å². The summed E-state index contributed by atoms with van der Waals surface area (Å²) in [4.78, 5) is 25.6. The minimum Gasteiger partial charge on any atom is -0.316 e. The van der Waals surface area contributed by atoms with Crippen LogP contribution in [0.2, 0.25) is 0 Å². The molecule has 1 amide bonds. The van der Waals surface area contributed by atoms with Crippen LogP contribution in [0.15, 0.2) is 43.1 Å². The van der Waals surface area contributed by atoms with Crippen LogP contribution in [0, 0.1) is 0 Å². The zero-order valence-electron chi connectivity index (χ0n) is 12.7. The van der Waals surface area contributed by atoms with E-state index >= 15 is 0 Å². The zero-order chi connectivity index (χ0) is 15.6. The lowest BCUT2D eigenvalue weighted by molar-refractivity contribution is -0.126. The van der Waals surface area contributed by atoms with E-state index in [1.165, 1.54) is 0 Å². The molecule has 1 aromatic carbocycles. The molecule has 1 heterocycles. The molecule has 1 atom stereocenters. The standard InChI is InChI=1S/C18H21NO2/c1-12(2)15-7-9-16(10-8-15)18(14(4)20)13(3)19-11-5-6-17(19)21/h7-10,18H,1,3,5-6,11H2,2,4H3. The maximum Gasteiger partial charge on any atom is 0.226 e. The second-order valence-electron chi connectivity index (χ2n) is 5.59. The lowest BCUT2D eigenvalue weighted by Gasteiger charge is -2.25. The van der Waals surface area contributed by atoms with Crippen molar-refractivity contribution >= 4 is 17.3 Å². The lowest BCUT2D eigenvalue weighted by atomic mass is 9.90. The topological polar surface area (TPSA) is 37.4 Å². The number of ketones is 1. The molecule has 21 heavy (non-hydrogen) atoms. The number of allylic oxidation sites excluding steroid dienone is 2. The van der Waals surface area contributed by atoms with Gasteiger partial charge in [0.1, 0.15) is 5.78 Å². The largest absolute Gasteiger partial charge is 0.316 e. The molecular weight excluding hydrogens is 262 g/mol. The van der Waals surface area contributed by atoms with Gasteiger partial charge in [-0.2, -0.15) is 0 Å². The van der Waals surface area contributed by atoms with Gasteiger partial charge in [-0.1, -0.05) is 43.0 Å². The van der Waals surface area contributed by atoms with Crippen LogP contribution in [0.5, 0.6) is 0 Å². The number of carbonyl (C=O) groups excluding carboxylic acids is 2. The third-order valence-electron chi connectivity index (χ3n) is 3.90. The third kappa shape index (κ3) is 3.13. The van der Waals surface area contributed by atoms with Gasteiger partial charge in [-0.05, 0) is 31.4 Å². The predicted octanol–water partition coefficient (Wildman–Crippen LogP) is 3.53. The van der Waals surface area contributed by atoms with E-state index in [4.69, 9.17) is 0 Å². The van der Waals surface area contributed by atoms with Crippen molar-refractivity contribution in [2.75, 3.05) is 6.54 Å². The van der Waals surface area contributed by atoms with E-state index in [9.17, 15) is 9.59 Å². The maximum absolute atomic E-state index is 12.1. The van der Waals surface area contributed by atoms with Crippen molar-refractivity contribution in [3.63, 3.8) is 0 Å². The molecule has 0 N–H and O–H groups in total. The average Bonchev–Trinajstić information content (AvgIpc) is 2.85. The van der Waals surface area contributed by atoms with Gasteiger partial charge in [0.25, 0.3) is 0 Å². The fourth-order valence-corrected chi connectivity index (χ4v) is 2.73. The summed E-state index contributed by atoms with van der Waals surface area (Å²) in [6, 6.07) is 7.74. The highest BCUT2D eigenvalue weighted by atomic mass is 16.2. The van der Waals surface area contributed by atoms with E-state index in [0.717, 1.165) is 23.1 Å². The highest BCUT2D eigenvalue weighted by molar-refractivity contribution is 5.89. The Morgan fingerprint density at radius 1 is 1.19 bits per heavy atom. The first-order chi connectivity index (χ1) is 9.91. The van der Waals surface area contributed by atoms with Gasteiger partial charge in [0.2, 0.25) is 5.91 Å². The van der Waals surface area contributed by atoms with Crippen molar-refractivity contribution < 1.29 is 9.59 Å². The molecule has 0 aliphatic carbocycles. The summed E-state index contributed by atoms with van der Waals surface area (Å²) in [5.41, 5.74) is 3.49. The SMILES string of the molecule is C=C(C)c1ccc(C(C(=C)N2CCCC2=O)C(C)=O)cc1. The summed E-state index contributed by atoms with van der Waals surface area (Å²) in [7, 11) is 0. The van der Waals surface area contributed by atoms with Gasteiger partial charge in [0, 0.05) is 18.7 Å². The Labute approximate surface area is 126 Å². The van der Waals surface area contributed by atoms with E-state index in [0.29, 0.717) is 18.7 Å². The molecule has 3 nitrogen and oxygen atoms in total. The Morgan fingerprint density at radius 3 is 2.24 bits per heavy atom. The van der Waals surface area contributed by atoms with Crippen molar-refractivity contribution in [2.24, 2.45) is 0 Å². The molecule has 0 aromatic heterocycles. The summed E-state index contributed by atoms with van der Waals surface area (Å²) < 4.78 is 0. The minimum absolute atomic E-state index is 0.00257. The minimum atomic E-state index is -0.453. The van der Waals surface area contributed by atoms with Crippen molar-refractivity contribution in [2.45, 2.75) is 32.6 Å². The van der Waals surface area contributed by atoms with Crippen LogP contribution in [-0.2, 0) is 9.59 Å². The molecule has 1 aromatic rings. The Kier molecular flexibility index (Phi) is 4.41. The number of hydrogen-bond acceptors (Lipinski definition) is 2. The van der Waals surface area contributed by atoms with Crippen molar-refractivity contribution in [3.05, 3.63) is 54.2 Å². The predicted molar refractivity (Wildman–Crippen MR) is 84.7 cm³/mol. The Hall–Kier alpha value is -2.16. The number of carbonyl (C=O) groups is 2. The normalized spacial score (nSPS) is 15.9. The fraction of sp³-hybridized carbons (Fsp3) is 0.333. The quantitative estimate of drug-likeness (QED) is 0.829. The van der Waals surface area contributed by atoms with Crippen molar-refractivity contribution in [1.82, 2.24) is 4.90 Å². The second kappa shape index (κ2) is 6.08. The first-order valence-corrected chi connectivity index (χ1v) is 7.17. The summed E-state index contributed by atoms with van der Waals surface area (Å²) >= 11 is 0. The third-order valence-corrected chi connectivity index (χ3v) is 3.90. The first-order valence-electron chi connectivity index (χ1n) is 7.17. The van der Waals surface area contributed by atoms with Crippen LogP contribution in [0.1, 0.15) is 43.7 Å². The van der Waals surface area contributed by atoms with Gasteiger partial charge in [0.15, 0.2) is 0 Å². The van der Waals surface area contributed by atoms with Gasteiger partial charge >= 0.3 is 0 Å². The highest BCUT2D eigenvalue weighted by Gasteiger charge is 2.30. The number of hydrogen-bond donors (Lipinski definition) is 0. The second-order valence-corrected chi connectivity index (χ2v) is 5.59. The number of amides is 1. The van der Waals surface area contributed by atoms with Crippen LogP contribution in [-0.4, -0.2) is 23.1 Å². The Balaban J connectivity index is 2.30. The Bertz CT molecular complexity index is 598. The van der Waals surface area contributed by atoms with Gasteiger partial charge in [-0.15, -0.1) is 0 Å². The summed E-state index contributed by atoms with van der Waals surface area (Å²) in [6.07, 6.45) is 1.37. The molecule has 0 bridgehead atoms. The smallest absolute Gasteiger partial charge is 0.226 e. The molecule has 2 rings (SSSR count). The van der Waals surface area contributed by atoms with E-state index in [1.54, 1.807) is 11.8 Å². The van der Waals surface area contributed by atoms with Crippen molar-refractivity contribution in [1.29, 1.82) is 0 Å². The molecule has 110 valence electrons. The molecule has 1 unspecified atom stereocenters. The number of likely N-dealkylation sites (tertiary alicyclic amines) is 1. The van der Waals surface area contributed by atoms with Gasteiger partial charge in [-0.25, -0.2) is 0 Å². The molecule has 3 heteroatoms. The van der Waals surface area contributed by atoms with Gasteiger partial charge < -0.3 is 4.90 Å². The summed E-state index contributed by atoms with van der Waals surface area (Å²) in [5, 5.41) is 0. The highest BCUT2D eigenvalue weighted by Crippen LogP contribution is 2.30. The van der Waals surface area contributed by atoms with Crippen LogP contribution in [0.25, 0.3) is 5.57 Å². The first kappa shape index (κ1) is 15.2. The van der Waals surface area contributed by atoms with Gasteiger partial charge in [-0.3, -0.25) is 9.59 Å². The lowest BCUT2D eigenvalue weighted by Crippen LogP contribution is -2.29. The van der Waals surface area contributed by atoms with Crippen molar-refractivity contribution in [3.8, 4) is 0 Å². The number of nitrogens with zero attached hydrogens (tertiary/aromatic N) is 1. The number of rotatable bonds is 5. The molecule has 0 saturated carbocycles. The van der Waals surface area contributed by atoms with E-state index in [2.05, 4.69) is 13.2 Å². The average molecular weight is 283 g/mol. The zero-order valence-corrected chi connectivity index (χ0v) is 12.7. The molecular formula is C18H21NO2. The molecule has 0 radical (unpaired) electrons. The van der Waals surface area contributed by atoms with Crippen LogP contribution >= 0.6 is 0 Å². The number of Topliss-reactive ketones (excluding diaryl/α,β-unsaturated/α-hetero) is 1. The Morgan fingerprint density at radius 2 is 1.81 bits per heavy atom. The summed E-state index contributed by atoms with van der Waals surface area (Å²) in [6.45, 7) is 12.1. The van der Waals surface area contributed by atoms with E-state index < -0.39 is 5.92 Å². The molecule has 1 saturated heterocycles. The number of benzene rings is 1. The van der Waals surface area contributed by atoms with Crippen LogP contribution in [0.4, 0.5) is 0 Å². The molecule has 1 aliphatic rings. The monoisotopic (exact) mass is 283 g/mol. The van der Waals surface area contributed by atoms with Crippen LogP contribution < -0.4 is 0 Å². The molecule has 1 aliphatic heterocycles. The van der Waals surface area contributed by atoms with Crippen LogP contribution in [0.3, 0.4) is 0 Å². The maximum atomic E-state index is 12.1. The van der Waals surface area contributed by atoms with E-state index in [1.807, 2.05) is 31.2 Å². The summed E-state index contributed by atoms with van der Waals surface area (Å²) in [5.74, 6) is -0.390.